The monoisotopic (exact) mass is 262 g/mol. The third-order valence-electron chi connectivity index (χ3n) is 3.19. The van der Waals surface area contributed by atoms with Gasteiger partial charge in [-0.2, -0.15) is 5.10 Å². The van der Waals surface area contributed by atoms with Crippen molar-refractivity contribution in [1.82, 2.24) is 14.8 Å². The molecule has 0 aliphatic heterocycles. The number of rotatable bonds is 6. The summed E-state index contributed by atoms with van der Waals surface area (Å²) in [5.74, 6) is 0.843. The molecule has 0 aliphatic carbocycles. The molecular weight excluding hydrogens is 243 g/mol. The van der Waals surface area contributed by atoms with Gasteiger partial charge in [-0.05, 0) is 30.7 Å². The van der Waals surface area contributed by atoms with Crippen LogP contribution in [0.4, 0.5) is 4.39 Å². The van der Waals surface area contributed by atoms with Gasteiger partial charge < -0.3 is 5.73 Å². The molecule has 1 atom stereocenters. The topological polar surface area (TPSA) is 56.7 Å². The first-order chi connectivity index (χ1) is 9.24. The minimum absolute atomic E-state index is 0.139. The molecule has 2 rings (SSSR count). The van der Waals surface area contributed by atoms with Gasteiger partial charge in [-0.15, -0.1) is 0 Å². The van der Waals surface area contributed by atoms with E-state index in [4.69, 9.17) is 5.73 Å². The van der Waals surface area contributed by atoms with Gasteiger partial charge in [0.15, 0.2) is 0 Å². The predicted octanol–water partition coefficient (Wildman–Crippen LogP) is 2.11. The van der Waals surface area contributed by atoms with Crippen LogP contribution in [0.2, 0.25) is 0 Å². The third kappa shape index (κ3) is 3.38. The fourth-order valence-corrected chi connectivity index (χ4v) is 2.14. The third-order valence-corrected chi connectivity index (χ3v) is 3.19. The lowest BCUT2D eigenvalue weighted by atomic mass is 9.95. The van der Waals surface area contributed by atoms with Crippen molar-refractivity contribution in [1.29, 1.82) is 0 Å². The van der Waals surface area contributed by atoms with E-state index in [1.54, 1.807) is 18.5 Å². The van der Waals surface area contributed by atoms with Crippen molar-refractivity contribution in [3.05, 3.63) is 47.8 Å². The van der Waals surface area contributed by atoms with E-state index in [9.17, 15) is 4.39 Å². The highest BCUT2D eigenvalue weighted by molar-refractivity contribution is 5.22. The SMILES string of the molecule is CCCn1ncnc1CC(CN)c1ccc(F)cc1. The van der Waals surface area contributed by atoms with E-state index in [0.717, 1.165) is 30.8 Å². The highest BCUT2D eigenvalue weighted by atomic mass is 19.1. The van der Waals surface area contributed by atoms with Crippen LogP contribution in [0, 0.1) is 5.82 Å². The van der Waals surface area contributed by atoms with E-state index < -0.39 is 0 Å². The molecule has 4 nitrogen and oxygen atoms in total. The fourth-order valence-electron chi connectivity index (χ4n) is 2.14. The molecule has 5 heteroatoms. The lowest BCUT2D eigenvalue weighted by molar-refractivity contribution is 0.545. The van der Waals surface area contributed by atoms with Crippen LogP contribution in [0.25, 0.3) is 0 Å². The minimum atomic E-state index is -0.228. The largest absolute Gasteiger partial charge is 0.330 e. The van der Waals surface area contributed by atoms with E-state index in [1.807, 2.05) is 4.68 Å². The highest BCUT2D eigenvalue weighted by Gasteiger charge is 2.14. The van der Waals surface area contributed by atoms with Crippen molar-refractivity contribution in [2.45, 2.75) is 32.2 Å². The lowest BCUT2D eigenvalue weighted by Gasteiger charge is -2.15. The number of nitrogens with zero attached hydrogens (tertiary/aromatic N) is 3. The highest BCUT2D eigenvalue weighted by Crippen LogP contribution is 2.19. The van der Waals surface area contributed by atoms with Gasteiger partial charge >= 0.3 is 0 Å². The molecule has 1 heterocycles. The summed E-state index contributed by atoms with van der Waals surface area (Å²) in [5, 5.41) is 4.21. The summed E-state index contributed by atoms with van der Waals surface area (Å²) < 4.78 is 14.8. The number of hydrogen-bond acceptors (Lipinski definition) is 3. The molecule has 2 aromatic rings. The van der Waals surface area contributed by atoms with Gasteiger partial charge in [0.1, 0.15) is 18.0 Å². The van der Waals surface area contributed by atoms with Crippen molar-refractivity contribution in [2.75, 3.05) is 6.54 Å². The summed E-state index contributed by atoms with van der Waals surface area (Å²) in [7, 11) is 0. The predicted molar refractivity (Wildman–Crippen MR) is 72.2 cm³/mol. The molecule has 1 unspecified atom stereocenters. The number of hydrogen-bond donors (Lipinski definition) is 1. The van der Waals surface area contributed by atoms with Crippen LogP contribution in [0.5, 0.6) is 0 Å². The normalized spacial score (nSPS) is 12.6. The number of benzene rings is 1. The Labute approximate surface area is 112 Å². The van der Waals surface area contributed by atoms with Crippen molar-refractivity contribution in [3.8, 4) is 0 Å². The Balaban J connectivity index is 2.14. The number of nitrogens with two attached hydrogens (primary N) is 1. The lowest BCUT2D eigenvalue weighted by Crippen LogP contribution is -2.18. The molecule has 1 aromatic carbocycles. The molecule has 0 aliphatic rings. The first-order valence-corrected chi connectivity index (χ1v) is 6.56. The standard InChI is InChI=1S/C14H19FN4/c1-2-7-19-14(17-10-18-19)8-12(9-16)11-3-5-13(15)6-4-11/h3-6,10,12H,2,7-9,16H2,1H3. The van der Waals surface area contributed by atoms with Gasteiger partial charge in [-0.3, -0.25) is 4.68 Å². The zero-order valence-electron chi connectivity index (χ0n) is 11.1. The Kier molecular flexibility index (Phi) is 4.63. The Morgan fingerprint density at radius 3 is 2.68 bits per heavy atom. The first kappa shape index (κ1) is 13.7. The summed E-state index contributed by atoms with van der Waals surface area (Å²) in [4.78, 5) is 4.29. The molecule has 0 spiro atoms. The Morgan fingerprint density at radius 2 is 2.05 bits per heavy atom. The number of aryl methyl sites for hydroxylation is 1. The molecule has 0 saturated heterocycles. The fraction of sp³-hybridized carbons (Fsp3) is 0.429. The van der Waals surface area contributed by atoms with E-state index in [1.165, 1.54) is 12.1 Å². The Hall–Kier alpha value is -1.75. The Bertz CT molecular complexity index is 506. The van der Waals surface area contributed by atoms with E-state index >= 15 is 0 Å². The van der Waals surface area contributed by atoms with Crippen molar-refractivity contribution >= 4 is 0 Å². The van der Waals surface area contributed by atoms with Gasteiger partial charge in [-0.1, -0.05) is 19.1 Å². The summed E-state index contributed by atoms with van der Waals surface area (Å²) in [6.45, 7) is 3.46. The van der Waals surface area contributed by atoms with Gasteiger partial charge in [0, 0.05) is 18.9 Å². The Morgan fingerprint density at radius 1 is 1.32 bits per heavy atom. The summed E-state index contributed by atoms with van der Waals surface area (Å²) >= 11 is 0. The molecular formula is C14H19FN4. The average molecular weight is 262 g/mol. The van der Waals surface area contributed by atoms with Crippen molar-refractivity contribution in [3.63, 3.8) is 0 Å². The second kappa shape index (κ2) is 6.43. The molecule has 102 valence electrons. The maximum atomic E-state index is 12.9. The van der Waals surface area contributed by atoms with Crippen LogP contribution < -0.4 is 5.73 Å². The van der Waals surface area contributed by atoms with E-state index in [2.05, 4.69) is 17.0 Å². The van der Waals surface area contributed by atoms with E-state index in [-0.39, 0.29) is 11.7 Å². The second-order valence-electron chi connectivity index (χ2n) is 4.59. The maximum absolute atomic E-state index is 12.9. The summed E-state index contributed by atoms with van der Waals surface area (Å²) in [6, 6.07) is 6.50. The first-order valence-electron chi connectivity index (χ1n) is 6.56. The van der Waals surface area contributed by atoms with Crippen LogP contribution in [-0.2, 0) is 13.0 Å². The van der Waals surface area contributed by atoms with E-state index in [0.29, 0.717) is 6.54 Å². The van der Waals surface area contributed by atoms with Gasteiger partial charge in [-0.25, -0.2) is 9.37 Å². The van der Waals surface area contributed by atoms with Gasteiger partial charge in [0.05, 0.1) is 0 Å². The molecule has 0 radical (unpaired) electrons. The zero-order valence-corrected chi connectivity index (χ0v) is 11.1. The molecule has 0 amide bonds. The number of halogens is 1. The van der Waals surface area contributed by atoms with Crippen molar-refractivity contribution < 1.29 is 4.39 Å². The smallest absolute Gasteiger partial charge is 0.138 e. The molecule has 0 saturated carbocycles. The maximum Gasteiger partial charge on any atom is 0.138 e. The summed E-state index contributed by atoms with van der Waals surface area (Å²) in [5.41, 5.74) is 6.87. The summed E-state index contributed by atoms with van der Waals surface area (Å²) in [6.07, 6.45) is 3.31. The number of aromatic nitrogens is 3. The zero-order chi connectivity index (χ0) is 13.7. The van der Waals surface area contributed by atoms with Gasteiger partial charge in [0.2, 0.25) is 0 Å². The van der Waals surface area contributed by atoms with Crippen LogP contribution >= 0.6 is 0 Å². The second-order valence-corrected chi connectivity index (χ2v) is 4.59. The van der Waals surface area contributed by atoms with Crippen LogP contribution in [0.15, 0.2) is 30.6 Å². The van der Waals surface area contributed by atoms with Crippen LogP contribution in [-0.4, -0.2) is 21.3 Å². The molecule has 2 N–H and O–H groups in total. The molecule has 0 fully saturated rings. The van der Waals surface area contributed by atoms with Gasteiger partial charge in [0.25, 0.3) is 0 Å². The molecule has 19 heavy (non-hydrogen) atoms. The quantitative estimate of drug-likeness (QED) is 0.867. The molecule has 0 bridgehead atoms. The average Bonchev–Trinajstić information content (AvgIpc) is 2.85. The minimum Gasteiger partial charge on any atom is -0.330 e. The van der Waals surface area contributed by atoms with Crippen molar-refractivity contribution in [2.24, 2.45) is 5.73 Å². The van der Waals surface area contributed by atoms with Crippen LogP contribution in [0.1, 0.15) is 30.7 Å². The molecule has 1 aromatic heterocycles. The van der Waals surface area contributed by atoms with Crippen LogP contribution in [0.3, 0.4) is 0 Å².